The van der Waals surface area contributed by atoms with E-state index in [1.54, 1.807) is 0 Å². The number of amides is 1. The minimum absolute atomic E-state index is 0.103. The highest BCUT2D eigenvalue weighted by Crippen LogP contribution is 2.53. The fourth-order valence-corrected chi connectivity index (χ4v) is 4.91. The first kappa shape index (κ1) is 16.1. The van der Waals surface area contributed by atoms with Gasteiger partial charge in [-0.05, 0) is 19.3 Å². The molecule has 0 N–H and O–H groups in total. The highest BCUT2D eigenvalue weighted by molar-refractivity contribution is 5.91. The predicted molar refractivity (Wildman–Crippen MR) is 88.2 cm³/mol. The molecule has 3 heterocycles. The fourth-order valence-electron chi connectivity index (χ4n) is 4.91. The van der Waals surface area contributed by atoms with Crippen LogP contribution >= 0.6 is 0 Å². The maximum atomic E-state index is 13.1. The van der Waals surface area contributed by atoms with Crippen molar-refractivity contribution in [1.29, 1.82) is 0 Å². The van der Waals surface area contributed by atoms with Crippen LogP contribution < -0.4 is 0 Å². The van der Waals surface area contributed by atoms with Gasteiger partial charge in [0.05, 0.1) is 25.2 Å². The Hall–Kier alpha value is -1.36. The highest BCUT2D eigenvalue weighted by atomic mass is 16.6. The fraction of sp³-hybridized carbons (Fsp3) is 0.789. The molecule has 4 rings (SSSR count). The van der Waals surface area contributed by atoms with E-state index in [2.05, 4.69) is 6.92 Å². The molecule has 0 unspecified atom stereocenters. The topological polar surface area (TPSA) is 55.8 Å². The minimum Gasteiger partial charge on any atom is -0.465 e. The van der Waals surface area contributed by atoms with Crippen molar-refractivity contribution in [3.63, 3.8) is 0 Å². The van der Waals surface area contributed by atoms with Crippen LogP contribution in [0.2, 0.25) is 0 Å². The lowest BCUT2D eigenvalue weighted by Gasteiger charge is -2.32. The van der Waals surface area contributed by atoms with Crippen LogP contribution in [0.4, 0.5) is 0 Å². The summed E-state index contributed by atoms with van der Waals surface area (Å²) in [6.45, 7) is 3.10. The number of likely N-dealkylation sites (tertiary alicyclic amines) is 1. The van der Waals surface area contributed by atoms with Gasteiger partial charge in [-0.25, -0.2) is 0 Å². The monoisotopic (exact) mass is 333 g/mol. The molecule has 3 fully saturated rings. The van der Waals surface area contributed by atoms with Crippen LogP contribution in [0, 0.1) is 11.8 Å². The average molecular weight is 333 g/mol. The molecule has 1 aliphatic carbocycles. The average Bonchev–Trinajstić information content (AvgIpc) is 3.24. The zero-order valence-corrected chi connectivity index (χ0v) is 14.4. The maximum absolute atomic E-state index is 13.1. The second kappa shape index (κ2) is 6.17. The number of fused-ring (bicyclic) bond motifs is 1. The molecule has 1 saturated carbocycles. The van der Waals surface area contributed by atoms with Crippen LogP contribution in [0.5, 0.6) is 0 Å². The number of esters is 1. The van der Waals surface area contributed by atoms with Crippen LogP contribution in [0.15, 0.2) is 12.2 Å². The third-order valence-electron chi connectivity index (χ3n) is 6.16. The van der Waals surface area contributed by atoms with Gasteiger partial charge < -0.3 is 14.4 Å². The third kappa shape index (κ3) is 2.40. The number of nitrogens with zero attached hydrogens (tertiary/aromatic N) is 1. The predicted octanol–water partition coefficient (Wildman–Crippen LogP) is 2.44. The first-order valence-electron chi connectivity index (χ1n) is 9.50. The Bertz CT molecular complexity index is 554. The van der Waals surface area contributed by atoms with E-state index in [4.69, 9.17) is 9.47 Å². The first-order chi connectivity index (χ1) is 11.7. The summed E-state index contributed by atoms with van der Waals surface area (Å²) in [7, 11) is 0. The summed E-state index contributed by atoms with van der Waals surface area (Å²) in [6, 6.07) is 0.319. The molecule has 3 aliphatic heterocycles. The molecular weight excluding hydrogens is 306 g/mol. The van der Waals surface area contributed by atoms with Crippen LogP contribution in [0.3, 0.4) is 0 Å². The van der Waals surface area contributed by atoms with Crippen molar-refractivity contribution in [3.05, 3.63) is 12.2 Å². The Morgan fingerprint density at radius 3 is 2.92 bits per heavy atom. The van der Waals surface area contributed by atoms with Crippen molar-refractivity contribution in [2.24, 2.45) is 11.8 Å². The molecule has 5 nitrogen and oxygen atoms in total. The Balaban J connectivity index is 1.52. The van der Waals surface area contributed by atoms with Gasteiger partial charge in [0.15, 0.2) is 0 Å². The molecule has 132 valence electrons. The van der Waals surface area contributed by atoms with Gasteiger partial charge in [0, 0.05) is 6.04 Å². The molecular formula is C19H27NO4. The lowest BCUT2D eigenvalue weighted by Crippen LogP contribution is -2.42. The van der Waals surface area contributed by atoms with Gasteiger partial charge in [0.2, 0.25) is 5.91 Å². The zero-order chi connectivity index (χ0) is 16.7. The second-order valence-corrected chi connectivity index (χ2v) is 7.68. The van der Waals surface area contributed by atoms with E-state index in [1.165, 1.54) is 19.3 Å². The van der Waals surface area contributed by atoms with Gasteiger partial charge in [-0.2, -0.15) is 0 Å². The number of rotatable bonds is 5. The van der Waals surface area contributed by atoms with Crippen molar-refractivity contribution in [3.8, 4) is 0 Å². The number of ether oxygens (including phenoxy) is 2. The van der Waals surface area contributed by atoms with Gasteiger partial charge in [-0.1, -0.05) is 44.8 Å². The summed E-state index contributed by atoms with van der Waals surface area (Å²) in [5.74, 6) is -1.01. The van der Waals surface area contributed by atoms with Gasteiger partial charge in [0.1, 0.15) is 11.5 Å². The Morgan fingerprint density at radius 2 is 2.17 bits per heavy atom. The molecule has 2 bridgehead atoms. The van der Waals surface area contributed by atoms with Crippen molar-refractivity contribution in [2.45, 2.75) is 69.6 Å². The number of unbranched alkanes of at least 4 members (excludes halogenated alkanes) is 1. The Morgan fingerprint density at radius 1 is 1.38 bits per heavy atom. The largest absolute Gasteiger partial charge is 0.465 e. The number of carbonyl (C=O) groups excluding carboxylic acids is 2. The quantitative estimate of drug-likeness (QED) is 0.440. The lowest BCUT2D eigenvalue weighted by molar-refractivity contribution is -0.154. The number of hydrogen-bond acceptors (Lipinski definition) is 4. The normalized spacial score (nSPS) is 38.0. The summed E-state index contributed by atoms with van der Waals surface area (Å²) in [5.41, 5.74) is -0.590. The molecule has 5 heteroatoms. The molecule has 0 radical (unpaired) electrons. The van der Waals surface area contributed by atoms with E-state index < -0.39 is 11.5 Å². The van der Waals surface area contributed by atoms with Crippen molar-refractivity contribution >= 4 is 11.9 Å². The van der Waals surface area contributed by atoms with Crippen molar-refractivity contribution < 1.29 is 19.1 Å². The van der Waals surface area contributed by atoms with E-state index in [-0.39, 0.29) is 23.9 Å². The zero-order valence-electron chi connectivity index (χ0n) is 14.4. The van der Waals surface area contributed by atoms with Gasteiger partial charge in [-0.3, -0.25) is 9.59 Å². The molecule has 1 amide bonds. The maximum Gasteiger partial charge on any atom is 0.312 e. The molecule has 0 aromatic rings. The molecule has 1 spiro atoms. The third-order valence-corrected chi connectivity index (χ3v) is 6.16. The SMILES string of the molecule is CCCCOC(=O)[C@@H]1[C@@H]2C=C[C@]3(CN(C4CCCCC4)C(=O)[C@H]13)O2. The molecule has 4 atom stereocenters. The molecule has 0 aromatic heterocycles. The van der Waals surface area contributed by atoms with Crippen LogP contribution in [-0.4, -0.2) is 47.7 Å². The van der Waals surface area contributed by atoms with Crippen molar-refractivity contribution in [1.82, 2.24) is 4.90 Å². The van der Waals surface area contributed by atoms with Gasteiger partial charge in [-0.15, -0.1) is 0 Å². The summed E-state index contributed by atoms with van der Waals surface area (Å²) in [5, 5.41) is 0. The van der Waals surface area contributed by atoms with E-state index in [0.717, 1.165) is 25.7 Å². The van der Waals surface area contributed by atoms with Gasteiger partial charge >= 0.3 is 5.97 Å². The Labute approximate surface area is 143 Å². The summed E-state index contributed by atoms with van der Waals surface area (Å²) in [4.78, 5) is 27.7. The van der Waals surface area contributed by atoms with E-state index in [1.807, 2.05) is 17.1 Å². The van der Waals surface area contributed by atoms with E-state index >= 15 is 0 Å². The molecule has 0 aromatic carbocycles. The smallest absolute Gasteiger partial charge is 0.312 e. The summed E-state index contributed by atoms with van der Waals surface area (Å²) < 4.78 is 11.6. The van der Waals surface area contributed by atoms with E-state index in [0.29, 0.717) is 19.2 Å². The number of hydrogen-bond donors (Lipinski definition) is 0. The molecule has 2 saturated heterocycles. The standard InChI is InChI=1S/C19H27NO4/c1-2-3-11-23-18(22)15-14-9-10-19(24-14)12-20(17(21)16(15)19)13-7-5-4-6-8-13/h9-10,13-16H,2-8,11-12H2,1H3/t14-,15+,16-,19+/m0/s1. The Kier molecular flexibility index (Phi) is 4.15. The lowest BCUT2D eigenvalue weighted by atomic mass is 9.77. The first-order valence-corrected chi connectivity index (χ1v) is 9.50. The minimum atomic E-state index is -0.590. The summed E-state index contributed by atoms with van der Waals surface area (Å²) >= 11 is 0. The van der Waals surface area contributed by atoms with Crippen LogP contribution in [0.25, 0.3) is 0 Å². The number of carbonyl (C=O) groups is 2. The van der Waals surface area contributed by atoms with Crippen LogP contribution in [-0.2, 0) is 19.1 Å². The van der Waals surface area contributed by atoms with Crippen LogP contribution in [0.1, 0.15) is 51.9 Å². The summed E-state index contributed by atoms with van der Waals surface area (Å²) in [6.07, 6.45) is 11.3. The highest BCUT2D eigenvalue weighted by Gasteiger charge is 2.67. The van der Waals surface area contributed by atoms with E-state index in [9.17, 15) is 9.59 Å². The second-order valence-electron chi connectivity index (χ2n) is 7.68. The molecule has 4 aliphatic rings. The van der Waals surface area contributed by atoms with Gasteiger partial charge in [0.25, 0.3) is 0 Å². The van der Waals surface area contributed by atoms with Crippen molar-refractivity contribution in [2.75, 3.05) is 13.2 Å². The molecule has 24 heavy (non-hydrogen) atoms.